The fourth-order valence-electron chi connectivity index (χ4n) is 1.50. The van der Waals surface area contributed by atoms with Gasteiger partial charge in [0.1, 0.15) is 12.0 Å². The molecule has 17 heavy (non-hydrogen) atoms. The van der Waals surface area contributed by atoms with Crippen molar-refractivity contribution in [3.8, 4) is 0 Å². The van der Waals surface area contributed by atoms with E-state index in [9.17, 15) is 10.1 Å². The van der Waals surface area contributed by atoms with Gasteiger partial charge in [0.25, 0.3) is 0 Å². The van der Waals surface area contributed by atoms with Gasteiger partial charge < -0.3 is 5.73 Å². The Kier molecular flexibility index (Phi) is 2.69. The van der Waals surface area contributed by atoms with Crippen LogP contribution in [0, 0.1) is 17.0 Å². The van der Waals surface area contributed by atoms with E-state index in [4.69, 9.17) is 5.73 Å². The molecule has 2 heterocycles. The molecule has 0 saturated heterocycles. The summed E-state index contributed by atoms with van der Waals surface area (Å²) in [6.45, 7) is 1.83. The van der Waals surface area contributed by atoms with Crippen LogP contribution in [0.4, 0.5) is 11.5 Å². The van der Waals surface area contributed by atoms with Crippen molar-refractivity contribution in [2.45, 2.75) is 13.5 Å². The Balaban J connectivity index is 2.35. The van der Waals surface area contributed by atoms with Gasteiger partial charge in [0.2, 0.25) is 5.82 Å². The first kappa shape index (κ1) is 11.0. The lowest BCUT2D eigenvalue weighted by Crippen LogP contribution is -2.07. The maximum absolute atomic E-state index is 10.8. The van der Waals surface area contributed by atoms with Gasteiger partial charge in [-0.25, -0.2) is 14.6 Å². The van der Waals surface area contributed by atoms with Crippen molar-refractivity contribution in [3.05, 3.63) is 40.1 Å². The van der Waals surface area contributed by atoms with Crippen LogP contribution in [0.5, 0.6) is 0 Å². The summed E-state index contributed by atoms with van der Waals surface area (Å²) in [5.74, 6) is 0.0334. The number of rotatable bonds is 3. The van der Waals surface area contributed by atoms with Gasteiger partial charge in [-0.15, -0.1) is 0 Å². The van der Waals surface area contributed by atoms with Crippen molar-refractivity contribution in [1.29, 1.82) is 0 Å². The zero-order valence-corrected chi connectivity index (χ0v) is 9.07. The standard InChI is InChI=1S/C9H10N6O2/c1-6-8(15(16)17)9(10)14(13-6)4-7-2-3-11-5-12-7/h2-3,5H,4,10H2,1H3. The average Bonchev–Trinajstić information content (AvgIpc) is 2.55. The lowest BCUT2D eigenvalue weighted by Gasteiger charge is -2.01. The molecule has 2 aromatic rings. The summed E-state index contributed by atoms with van der Waals surface area (Å²) in [6.07, 6.45) is 2.99. The Morgan fingerprint density at radius 3 is 2.88 bits per heavy atom. The van der Waals surface area contributed by atoms with Crippen molar-refractivity contribution in [2.75, 3.05) is 5.73 Å². The highest BCUT2D eigenvalue weighted by Gasteiger charge is 2.22. The number of nitrogen functional groups attached to an aromatic ring is 1. The van der Waals surface area contributed by atoms with Crippen LogP contribution in [0.2, 0.25) is 0 Å². The molecule has 2 N–H and O–H groups in total. The van der Waals surface area contributed by atoms with Crippen molar-refractivity contribution in [1.82, 2.24) is 19.7 Å². The predicted molar refractivity (Wildman–Crippen MR) is 59.2 cm³/mol. The average molecular weight is 234 g/mol. The first-order chi connectivity index (χ1) is 8.09. The van der Waals surface area contributed by atoms with Gasteiger partial charge in [-0.1, -0.05) is 0 Å². The highest BCUT2D eigenvalue weighted by atomic mass is 16.6. The van der Waals surface area contributed by atoms with E-state index in [1.54, 1.807) is 19.2 Å². The fraction of sp³-hybridized carbons (Fsp3) is 0.222. The quantitative estimate of drug-likeness (QED) is 0.611. The van der Waals surface area contributed by atoms with Crippen molar-refractivity contribution >= 4 is 11.5 Å². The predicted octanol–water partition coefficient (Wildman–Crippen LogP) is 0.520. The Morgan fingerprint density at radius 2 is 2.35 bits per heavy atom. The maximum atomic E-state index is 10.8. The summed E-state index contributed by atoms with van der Waals surface area (Å²) in [6, 6.07) is 1.70. The van der Waals surface area contributed by atoms with E-state index >= 15 is 0 Å². The highest BCUT2D eigenvalue weighted by Crippen LogP contribution is 2.25. The van der Waals surface area contributed by atoms with Gasteiger partial charge in [-0.3, -0.25) is 10.1 Å². The number of anilines is 1. The van der Waals surface area contributed by atoms with Crippen LogP contribution in [-0.4, -0.2) is 24.7 Å². The molecule has 0 amide bonds. The van der Waals surface area contributed by atoms with Gasteiger partial charge in [0, 0.05) is 6.20 Å². The lowest BCUT2D eigenvalue weighted by molar-refractivity contribution is -0.384. The second-order valence-corrected chi connectivity index (χ2v) is 3.43. The summed E-state index contributed by atoms with van der Waals surface area (Å²) in [5, 5.41) is 14.8. The van der Waals surface area contributed by atoms with Crippen LogP contribution in [0.25, 0.3) is 0 Å². The number of hydrogen-bond acceptors (Lipinski definition) is 6. The van der Waals surface area contributed by atoms with Crippen molar-refractivity contribution in [2.24, 2.45) is 0 Å². The third-order valence-electron chi connectivity index (χ3n) is 2.27. The molecule has 0 aromatic carbocycles. The van der Waals surface area contributed by atoms with E-state index in [0.29, 0.717) is 11.4 Å². The fourth-order valence-corrected chi connectivity index (χ4v) is 1.50. The lowest BCUT2D eigenvalue weighted by atomic mass is 10.4. The number of hydrogen-bond donors (Lipinski definition) is 1. The number of nitrogens with zero attached hydrogens (tertiary/aromatic N) is 5. The molecule has 0 saturated carbocycles. The molecule has 0 aliphatic carbocycles. The molecule has 0 aliphatic rings. The second-order valence-electron chi connectivity index (χ2n) is 3.43. The van der Waals surface area contributed by atoms with Gasteiger partial charge in [-0.2, -0.15) is 5.10 Å². The number of aromatic nitrogens is 4. The van der Waals surface area contributed by atoms with E-state index in [-0.39, 0.29) is 18.1 Å². The molecule has 0 aliphatic heterocycles. The van der Waals surface area contributed by atoms with Crippen LogP contribution < -0.4 is 5.73 Å². The summed E-state index contributed by atoms with van der Waals surface area (Å²) < 4.78 is 1.36. The van der Waals surface area contributed by atoms with Crippen LogP contribution in [0.3, 0.4) is 0 Å². The largest absolute Gasteiger partial charge is 0.378 e. The first-order valence-electron chi connectivity index (χ1n) is 4.81. The maximum Gasteiger partial charge on any atom is 0.333 e. The van der Waals surface area contributed by atoms with E-state index in [2.05, 4.69) is 15.1 Å². The topological polar surface area (TPSA) is 113 Å². The van der Waals surface area contributed by atoms with Crippen molar-refractivity contribution < 1.29 is 4.92 Å². The molecule has 8 heteroatoms. The molecule has 0 fully saturated rings. The van der Waals surface area contributed by atoms with Gasteiger partial charge in [-0.05, 0) is 13.0 Å². The Labute approximate surface area is 96.3 Å². The summed E-state index contributed by atoms with van der Waals surface area (Å²) >= 11 is 0. The first-order valence-corrected chi connectivity index (χ1v) is 4.81. The zero-order valence-electron chi connectivity index (χ0n) is 9.07. The summed E-state index contributed by atoms with van der Waals surface area (Å²) in [5.41, 5.74) is 6.49. The minimum Gasteiger partial charge on any atom is -0.378 e. The molecular weight excluding hydrogens is 224 g/mol. The number of aryl methyl sites for hydroxylation is 1. The molecule has 8 nitrogen and oxygen atoms in total. The second kappa shape index (κ2) is 4.16. The SMILES string of the molecule is Cc1nn(Cc2ccncn2)c(N)c1[N+](=O)[O-]. The van der Waals surface area contributed by atoms with Crippen LogP contribution in [0.1, 0.15) is 11.4 Å². The van der Waals surface area contributed by atoms with Crippen LogP contribution >= 0.6 is 0 Å². The molecule has 0 radical (unpaired) electrons. The molecule has 0 atom stereocenters. The van der Waals surface area contributed by atoms with Gasteiger partial charge in [0.05, 0.1) is 17.2 Å². The highest BCUT2D eigenvalue weighted by molar-refractivity contribution is 5.56. The number of nitrogens with two attached hydrogens (primary N) is 1. The van der Waals surface area contributed by atoms with Gasteiger partial charge in [0.15, 0.2) is 0 Å². The monoisotopic (exact) mass is 234 g/mol. The number of nitro groups is 1. The van der Waals surface area contributed by atoms with Crippen molar-refractivity contribution in [3.63, 3.8) is 0 Å². The summed E-state index contributed by atoms with van der Waals surface area (Å²) in [4.78, 5) is 18.0. The van der Waals surface area contributed by atoms with E-state index in [0.717, 1.165) is 0 Å². The molecule has 0 unspecified atom stereocenters. The Morgan fingerprint density at radius 1 is 1.59 bits per heavy atom. The molecule has 0 bridgehead atoms. The summed E-state index contributed by atoms with van der Waals surface area (Å²) in [7, 11) is 0. The Hall–Kier alpha value is -2.51. The third-order valence-corrected chi connectivity index (χ3v) is 2.27. The third kappa shape index (κ3) is 2.05. The molecule has 0 spiro atoms. The Bertz CT molecular complexity index is 550. The minimum absolute atomic E-state index is 0.0334. The van der Waals surface area contributed by atoms with E-state index in [1.165, 1.54) is 11.0 Å². The van der Waals surface area contributed by atoms with Crippen LogP contribution in [-0.2, 0) is 6.54 Å². The minimum atomic E-state index is -0.534. The molecule has 2 rings (SSSR count). The molecule has 88 valence electrons. The smallest absolute Gasteiger partial charge is 0.333 e. The zero-order chi connectivity index (χ0) is 12.4. The van der Waals surface area contributed by atoms with E-state index in [1.807, 2.05) is 0 Å². The molecular formula is C9H10N6O2. The molecule has 2 aromatic heterocycles. The van der Waals surface area contributed by atoms with Gasteiger partial charge >= 0.3 is 5.69 Å². The van der Waals surface area contributed by atoms with E-state index < -0.39 is 4.92 Å². The normalized spacial score (nSPS) is 10.4. The van der Waals surface area contributed by atoms with Crippen LogP contribution in [0.15, 0.2) is 18.6 Å².